The molecule has 154 valence electrons. The molecule has 0 saturated carbocycles. The van der Waals surface area contributed by atoms with Crippen LogP contribution in [0.4, 0.5) is 4.53 Å². The topological polar surface area (TPSA) is 66.0 Å². The van der Waals surface area contributed by atoms with E-state index in [0.29, 0.717) is 23.6 Å². The molecule has 0 atom stereocenters. The molecule has 1 aromatic heterocycles. The van der Waals surface area contributed by atoms with Crippen molar-refractivity contribution in [3.8, 4) is 39.8 Å². The fourth-order valence-electron chi connectivity index (χ4n) is 3.60. The number of para-hydroxylation sites is 1. The standard InChI is InChI=1S/C24H19FN4O2/c1-15-6-5-8-18(16(15)2)24-26-20-10-11-29(14-22(20)27-24)13-17-12-21(28-31-17)19-7-3-4-9-23(19)30-25/h3-12,14H,13H2,1-2H3. The fraction of sp³-hybridized carbons (Fsp3) is 0.125. The van der Waals surface area contributed by atoms with Crippen LogP contribution in [0.25, 0.3) is 34.0 Å². The van der Waals surface area contributed by atoms with Gasteiger partial charge in [-0.1, -0.05) is 35.5 Å². The summed E-state index contributed by atoms with van der Waals surface area (Å²) in [5.74, 6) is 1.45. The van der Waals surface area contributed by atoms with Gasteiger partial charge >= 0.3 is 0 Å². The Morgan fingerprint density at radius 2 is 1.74 bits per heavy atom. The summed E-state index contributed by atoms with van der Waals surface area (Å²) in [5.41, 5.74) is 6.10. The summed E-state index contributed by atoms with van der Waals surface area (Å²) in [6.45, 7) is 4.62. The van der Waals surface area contributed by atoms with Gasteiger partial charge in [0.25, 0.3) is 0 Å². The molecule has 0 aliphatic carbocycles. The second-order valence-corrected chi connectivity index (χ2v) is 7.43. The number of pyridine rings is 1. The van der Waals surface area contributed by atoms with Crippen molar-refractivity contribution in [2.75, 3.05) is 0 Å². The van der Waals surface area contributed by atoms with Crippen molar-refractivity contribution < 1.29 is 14.0 Å². The molecular weight excluding hydrogens is 395 g/mol. The van der Waals surface area contributed by atoms with Gasteiger partial charge in [-0.15, -0.1) is 0 Å². The van der Waals surface area contributed by atoms with E-state index in [0.717, 1.165) is 22.8 Å². The number of aromatic nitrogens is 4. The van der Waals surface area contributed by atoms with Crippen molar-refractivity contribution in [3.05, 3.63) is 83.9 Å². The van der Waals surface area contributed by atoms with Crippen LogP contribution in [0.3, 0.4) is 0 Å². The van der Waals surface area contributed by atoms with Crippen molar-refractivity contribution in [3.63, 3.8) is 0 Å². The maximum Gasteiger partial charge on any atom is 0.181 e. The Hall–Kier alpha value is -4.00. The largest absolute Gasteiger partial charge is 0.359 e. The average Bonchev–Trinajstić information content (AvgIpc) is 3.42. The summed E-state index contributed by atoms with van der Waals surface area (Å²) < 4.78 is 20.2. The van der Waals surface area contributed by atoms with Crippen LogP contribution in [0.2, 0.25) is 0 Å². The molecule has 0 bridgehead atoms. The molecule has 0 radical (unpaired) electrons. The quantitative estimate of drug-likeness (QED) is 0.373. The minimum atomic E-state index is 0.0995. The van der Waals surface area contributed by atoms with Crippen LogP contribution in [-0.2, 0) is 6.54 Å². The molecule has 3 heterocycles. The van der Waals surface area contributed by atoms with Crippen molar-refractivity contribution in [1.82, 2.24) is 19.7 Å². The zero-order valence-corrected chi connectivity index (χ0v) is 17.0. The summed E-state index contributed by atoms with van der Waals surface area (Å²) in [7, 11) is 0. The van der Waals surface area contributed by atoms with Crippen LogP contribution in [0.1, 0.15) is 16.9 Å². The molecule has 5 rings (SSSR count). The van der Waals surface area contributed by atoms with Gasteiger partial charge < -0.3 is 9.09 Å². The van der Waals surface area contributed by atoms with Crippen molar-refractivity contribution >= 4 is 0 Å². The Morgan fingerprint density at radius 3 is 2.61 bits per heavy atom. The van der Waals surface area contributed by atoms with Gasteiger partial charge in [0.1, 0.15) is 11.4 Å². The average molecular weight is 414 g/mol. The molecule has 0 amide bonds. The highest BCUT2D eigenvalue weighted by atomic mass is 19.3. The molecule has 31 heavy (non-hydrogen) atoms. The van der Waals surface area contributed by atoms with Gasteiger partial charge in [0.15, 0.2) is 17.3 Å². The van der Waals surface area contributed by atoms with Crippen molar-refractivity contribution in [2.45, 2.75) is 20.4 Å². The van der Waals surface area contributed by atoms with Crippen LogP contribution in [-0.4, -0.2) is 19.7 Å². The molecular formula is C24H19FN4O2. The Labute approximate surface area is 178 Å². The number of hydrogen-bond acceptors (Lipinski definition) is 5. The summed E-state index contributed by atoms with van der Waals surface area (Å²) in [6.07, 6.45) is 3.85. The molecule has 0 unspecified atom stereocenters. The Balaban J connectivity index is 1.43. The van der Waals surface area contributed by atoms with Crippen LogP contribution in [0.15, 0.2) is 71.5 Å². The number of aryl methyl sites for hydroxylation is 1. The molecule has 0 spiro atoms. The lowest BCUT2D eigenvalue weighted by atomic mass is 10.0. The summed E-state index contributed by atoms with van der Waals surface area (Å²) in [6, 6.07) is 16.6. The Morgan fingerprint density at radius 1 is 0.935 bits per heavy atom. The zero-order chi connectivity index (χ0) is 21.4. The lowest BCUT2D eigenvalue weighted by Gasteiger charge is -2.05. The molecule has 6 nitrogen and oxygen atoms in total. The maximum atomic E-state index is 12.8. The van der Waals surface area contributed by atoms with Gasteiger partial charge in [-0.3, -0.25) is 4.94 Å². The van der Waals surface area contributed by atoms with Crippen LogP contribution >= 0.6 is 0 Å². The van der Waals surface area contributed by atoms with E-state index in [9.17, 15) is 4.53 Å². The van der Waals surface area contributed by atoms with Gasteiger partial charge in [-0.05, 0) is 43.2 Å². The number of benzene rings is 2. The lowest BCUT2D eigenvalue weighted by Crippen LogP contribution is -1.99. The molecule has 2 aromatic carbocycles. The van der Waals surface area contributed by atoms with E-state index in [-0.39, 0.29) is 5.75 Å². The zero-order valence-electron chi connectivity index (χ0n) is 17.0. The minimum Gasteiger partial charge on any atom is -0.359 e. The number of hydrogen-bond donors (Lipinski definition) is 0. The van der Waals surface area contributed by atoms with E-state index in [1.165, 1.54) is 17.2 Å². The second-order valence-electron chi connectivity index (χ2n) is 7.43. The van der Waals surface area contributed by atoms with E-state index in [2.05, 4.69) is 35.0 Å². The number of rotatable bonds is 5. The number of nitrogens with zero attached hydrogens (tertiary/aromatic N) is 4. The smallest absolute Gasteiger partial charge is 0.181 e. The number of imidazole rings is 1. The summed E-state index contributed by atoms with van der Waals surface area (Å²) in [4.78, 5) is 13.3. The number of halogens is 1. The Kier molecular flexibility index (Phi) is 4.71. The molecule has 2 aliphatic heterocycles. The lowest BCUT2D eigenvalue weighted by molar-refractivity contribution is -0.00550. The van der Waals surface area contributed by atoms with E-state index < -0.39 is 0 Å². The third-order valence-corrected chi connectivity index (χ3v) is 5.42. The first-order valence-electron chi connectivity index (χ1n) is 9.86. The molecule has 0 fully saturated rings. The third-order valence-electron chi connectivity index (χ3n) is 5.42. The van der Waals surface area contributed by atoms with Crippen LogP contribution in [0, 0.1) is 13.8 Å². The van der Waals surface area contributed by atoms with Gasteiger partial charge in [0.2, 0.25) is 0 Å². The highest BCUT2D eigenvalue weighted by Gasteiger charge is 2.16. The normalized spacial score (nSPS) is 11.2. The monoisotopic (exact) mass is 414 g/mol. The second kappa shape index (κ2) is 7.68. The van der Waals surface area contributed by atoms with Crippen LogP contribution < -0.4 is 4.94 Å². The third kappa shape index (κ3) is 3.54. The van der Waals surface area contributed by atoms with E-state index in [4.69, 9.17) is 9.51 Å². The van der Waals surface area contributed by atoms with Crippen molar-refractivity contribution in [2.24, 2.45) is 0 Å². The first-order valence-corrected chi connectivity index (χ1v) is 9.86. The molecule has 0 N–H and O–H groups in total. The van der Waals surface area contributed by atoms with Gasteiger partial charge in [0, 0.05) is 28.5 Å². The highest BCUT2D eigenvalue weighted by Crippen LogP contribution is 2.31. The van der Waals surface area contributed by atoms with E-state index in [1.807, 2.05) is 35.2 Å². The van der Waals surface area contributed by atoms with Gasteiger partial charge in [-0.2, -0.15) is 0 Å². The van der Waals surface area contributed by atoms with Gasteiger partial charge in [0.05, 0.1) is 17.8 Å². The summed E-state index contributed by atoms with van der Waals surface area (Å²) in [5, 5.41) is 4.05. The highest BCUT2D eigenvalue weighted by molar-refractivity contribution is 5.69. The summed E-state index contributed by atoms with van der Waals surface area (Å²) >= 11 is 0. The fourth-order valence-corrected chi connectivity index (χ4v) is 3.60. The predicted molar refractivity (Wildman–Crippen MR) is 114 cm³/mol. The molecule has 3 aromatic rings. The SMILES string of the molecule is Cc1cccc(-c2nc3ccn(Cc4cc(-c5ccccc5OF)no4)cc-3n2)c1C. The maximum absolute atomic E-state index is 12.8. The molecule has 2 aliphatic rings. The predicted octanol–water partition coefficient (Wildman–Crippen LogP) is 5.63. The van der Waals surface area contributed by atoms with E-state index >= 15 is 0 Å². The van der Waals surface area contributed by atoms with Crippen LogP contribution in [0.5, 0.6) is 5.75 Å². The van der Waals surface area contributed by atoms with Gasteiger partial charge in [-0.25, -0.2) is 9.97 Å². The van der Waals surface area contributed by atoms with E-state index in [1.54, 1.807) is 24.3 Å². The first-order chi connectivity index (χ1) is 15.1. The Bertz CT molecular complexity index is 1340. The minimum absolute atomic E-state index is 0.0995. The molecule has 7 heteroatoms. The van der Waals surface area contributed by atoms with Crippen molar-refractivity contribution in [1.29, 1.82) is 0 Å². The first kappa shape index (κ1) is 19.0. The molecule has 0 saturated heterocycles. The number of fused-ring (bicyclic) bond motifs is 1.